The smallest absolute Gasteiger partial charge is 0.407 e. The lowest BCUT2D eigenvalue weighted by Crippen LogP contribution is -2.31. The van der Waals surface area contributed by atoms with Gasteiger partial charge in [0.2, 0.25) is 0 Å². The molecule has 106 valence electrons. The van der Waals surface area contributed by atoms with Crippen molar-refractivity contribution in [1.29, 1.82) is 0 Å². The molecule has 1 rings (SSSR count). The number of alkyl carbamates (subject to hydrolysis) is 1. The van der Waals surface area contributed by atoms with Crippen LogP contribution in [0.2, 0.25) is 0 Å². The Hall–Kier alpha value is -1.60. The van der Waals surface area contributed by atoms with Gasteiger partial charge in [0.05, 0.1) is 11.5 Å². The van der Waals surface area contributed by atoms with Gasteiger partial charge >= 0.3 is 6.09 Å². The first-order chi connectivity index (χ1) is 9.03. The van der Waals surface area contributed by atoms with Crippen LogP contribution < -0.4 is 11.1 Å². The molecule has 0 aliphatic rings. The highest BCUT2D eigenvalue weighted by molar-refractivity contribution is 7.91. The highest BCUT2D eigenvalue weighted by Gasteiger charge is 2.10. The molecular formula is C12H18N2O4S. The van der Waals surface area contributed by atoms with Gasteiger partial charge in [0, 0.05) is 13.1 Å². The average Bonchev–Trinajstić information content (AvgIpc) is 2.37. The van der Waals surface area contributed by atoms with Crippen LogP contribution in [-0.4, -0.2) is 39.1 Å². The predicted molar refractivity (Wildman–Crippen MR) is 72.3 cm³/mol. The van der Waals surface area contributed by atoms with Gasteiger partial charge in [0.15, 0.2) is 9.84 Å². The van der Waals surface area contributed by atoms with E-state index in [1.165, 1.54) is 0 Å². The fraction of sp³-hybridized carbons (Fsp3) is 0.417. The van der Waals surface area contributed by atoms with Gasteiger partial charge in [-0.3, -0.25) is 0 Å². The third-order valence-corrected chi connectivity index (χ3v) is 4.01. The molecule has 0 spiro atoms. The topological polar surface area (TPSA) is 98.5 Å². The van der Waals surface area contributed by atoms with Gasteiger partial charge in [-0.05, 0) is 5.56 Å². The summed E-state index contributed by atoms with van der Waals surface area (Å²) in [5, 5.41) is 2.39. The zero-order valence-corrected chi connectivity index (χ0v) is 11.4. The Morgan fingerprint density at radius 2 is 1.89 bits per heavy atom. The summed E-state index contributed by atoms with van der Waals surface area (Å²) in [4.78, 5) is 11.3. The molecule has 0 bridgehead atoms. The van der Waals surface area contributed by atoms with E-state index in [0.717, 1.165) is 5.56 Å². The molecule has 3 N–H and O–H groups in total. The Balaban J connectivity index is 2.22. The Labute approximate surface area is 112 Å². The summed E-state index contributed by atoms with van der Waals surface area (Å²) >= 11 is 0. The van der Waals surface area contributed by atoms with Crippen molar-refractivity contribution in [2.75, 3.05) is 24.6 Å². The second kappa shape index (κ2) is 7.75. The molecule has 1 aromatic rings. The van der Waals surface area contributed by atoms with Crippen LogP contribution in [0.5, 0.6) is 0 Å². The minimum atomic E-state index is -3.19. The molecule has 0 saturated heterocycles. The van der Waals surface area contributed by atoms with E-state index in [9.17, 15) is 13.2 Å². The summed E-state index contributed by atoms with van der Waals surface area (Å²) < 4.78 is 27.6. The first-order valence-corrected chi connectivity index (χ1v) is 7.71. The average molecular weight is 286 g/mol. The van der Waals surface area contributed by atoms with Gasteiger partial charge in [0.1, 0.15) is 6.61 Å². The van der Waals surface area contributed by atoms with Crippen molar-refractivity contribution in [2.45, 2.75) is 6.61 Å². The molecule has 0 aliphatic heterocycles. The van der Waals surface area contributed by atoms with E-state index in [0.29, 0.717) is 0 Å². The molecule has 7 heteroatoms. The van der Waals surface area contributed by atoms with Crippen molar-refractivity contribution in [3.8, 4) is 0 Å². The SMILES string of the molecule is NCCS(=O)(=O)CCNC(=O)OCc1ccccc1. The van der Waals surface area contributed by atoms with Crippen LogP contribution in [0.3, 0.4) is 0 Å². The molecule has 6 nitrogen and oxygen atoms in total. The summed E-state index contributed by atoms with van der Waals surface area (Å²) in [5.41, 5.74) is 6.04. The minimum absolute atomic E-state index is 0.0238. The van der Waals surface area contributed by atoms with Crippen molar-refractivity contribution in [1.82, 2.24) is 5.32 Å². The lowest BCUT2D eigenvalue weighted by Gasteiger charge is -2.07. The van der Waals surface area contributed by atoms with E-state index in [-0.39, 0.29) is 31.2 Å². The Kier molecular flexibility index (Phi) is 6.31. The van der Waals surface area contributed by atoms with E-state index in [1.807, 2.05) is 30.3 Å². The third-order valence-electron chi connectivity index (χ3n) is 2.32. The fourth-order valence-electron chi connectivity index (χ4n) is 1.36. The van der Waals surface area contributed by atoms with Gasteiger partial charge < -0.3 is 15.8 Å². The number of carbonyl (C=O) groups excluding carboxylic acids is 1. The number of carbonyl (C=O) groups is 1. The van der Waals surface area contributed by atoms with Crippen molar-refractivity contribution in [3.05, 3.63) is 35.9 Å². The maximum absolute atomic E-state index is 11.3. The van der Waals surface area contributed by atoms with Crippen LogP contribution in [0.4, 0.5) is 4.79 Å². The third kappa shape index (κ3) is 6.78. The van der Waals surface area contributed by atoms with Crippen molar-refractivity contribution < 1.29 is 17.9 Å². The zero-order valence-electron chi connectivity index (χ0n) is 10.5. The molecule has 1 aromatic carbocycles. The number of benzene rings is 1. The normalized spacial score (nSPS) is 11.0. The zero-order chi connectivity index (χ0) is 14.1. The lowest BCUT2D eigenvalue weighted by atomic mass is 10.2. The van der Waals surface area contributed by atoms with Gasteiger partial charge in [0.25, 0.3) is 0 Å². The number of nitrogens with one attached hydrogen (secondary N) is 1. The molecule has 0 aliphatic carbocycles. The minimum Gasteiger partial charge on any atom is -0.445 e. The van der Waals surface area contributed by atoms with E-state index >= 15 is 0 Å². The number of ether oxygens (including phenoxy) is 1. The first kappa shape index (κ1) is 15.5. The molecule has 1 amide bonds. The van der Waals surface area contributed by atoms with Crippen LogP contribution >= 0.6 is 0 Å². The summed E-state index contributed by atoms with van der Waals surface area (Å²) in [6, 6.07) is 9.22. The molecular weight excluding hydrogens is 268 g/mol. The quantitative estimate of drug-likeness (QED) is 0.750. The second-order valence-electron chi connectivity index (χ2n) is 3.93. The number of sulfone groups is 1. The largest absolute Gasteiger partial charge is 0.445 e. The number of hydrogen-bond donors (Lipinski definition) is 2. The van der Waals surface area contributed by atoms with Gasteiger partial charge in [-0.1, -0.05) is 30.3 Å². The number of rotatable bonds is 7. The maximum Gasteiger partial charge on any atom is 0.407 e. The lowest BCUT2D eigenvalue weighted by molar-refractivity contribution is 0.140. The molecule has 0 fully saturated rings. The molecule has 19 heavy (non-hydrogen) atoms. The Morgan fingerprint density at radius 3 is 2.53 bits per heavy atom. The highest BCUT2D eigenvalue weighted by Crippen LogP contribution is 2.00. The van der Waals surface area contributed by atoms with E-state index in [2.05, 4.69) is 5.32 Å². The van der Waals surface area contributed by atoms with Gasteiger partial charge in [-0.15, -0.1) is 0 Å². The Bertz CT molecular complexity index is 488. The first-order valence-electron chi connectivity index (χ1n) is 5.88. The summed E-state index contributed by atoms with van der Waals surface area (Å²) in [6.07, 6.45) is -0.633. The summed E-state index contributed by atoms with van der Waals surface area (Å²) in [7, 11) is -3.19. The molecule has 0 radical (unpaired) electrons. The van der Waals surface area contributed by atoms with Crippen molar-refractivity contribution in [2.24, 2.45) is 5.73 Å². The summed E-state index contributed by atoms with van der Waals surface area (Å²) in [6.45, 7) is 0.263. The van der Waals surface area contributed by atoms with Crippen molar-refractivity contribution >= 4 is 15.9 Å². The molecule has 0 atom stereocenters. The molecule has 0 unspecified atom stereocenters. The molecule has 0 aromatic heterocycles. The summed E-state index contributed by atoms with van der Waals surface area (Å²) in [5.74, 6) is -0.210. The van der Waals surface area contributed by atoms with E-state index < -0.39 is 15.9 Å². The second-order valence-corrected chi connectivity index (χ2v) is 6.23. The highest BCUT2D eigenvalue weighted by atomic mass is 32.2. The number of nitrogens with two attached hydrogens (primary N) is 1. The van der Waals surface area contributed by atoms with Gasteiger partial charge in [-0.25, -0.2) is 13.2 Å². The monoisotopic (exact) mass is 286 g/mol. The van der Waals surface area contributed by atoms with Crippen LogP contribution in [0.15, 0.2) is 30.3 Å². The predicted octanol–water partition coefficient (Wildman–Crippen LogP) is 0.286. The van der Waals surface area contributed by atoms with Crippen LogP contribution in [0.1, 0.15) is 5.56 Å². The maximum atomic E-state index is 11.3. The van der Waals surface area contributed by atoms with E-state index in [1.54, 1.807) is 0 Å². The van der Waals surface area contributed by atoms with E-state index in [4.69, 9.17) is 10.5 Å². The van der Waals surface area contributed by atoms with Crippen molar-refractivity contribution in [3.63, 3.8) is 0 Å². The fourth-order valence-corrected chi connectivity index (χ4v) is 2.34. The Morgan fingerprint density at radius 1 is 1.21 bits per heavy atom. The molecule has 0 heterocycles. The number of hydrogen-bond acceptors (Lipinski definition) is 5. The standard InChI is InChI=1S/C12H18N2O4S/c13-6-8-19(16,17)9-7-14-12(15)18-10-11-4-2-1-3-5-11/h1-5H,6-10,13H2,(H,14,15). The van der Waals surface area contributed by atoms with Crippen LogP contribution in [0.25, 0.3) is 0 Å². The van der Waals surface area contributed by atoms with Crippen LogP contribution in [0, 0.1) is 0 Å². The molecule has 0 saturated carbocycles. The van der Waals surface area contributed by atoms with Crippen LogP contribution in [-0.2, 0) is 21.2 Å². The number of amides is 1. The van der Waals surface area contributed by atoms with Gasteiger partial charge in [-0.2, -0.15) is 0 Å².